The molecule has 2 aliphatic heterocycles. The number of piperidine rings is 1. The first-order valence-corrected chi connectivity index (χ1v) is 9.03. The molecule has 0 amide bonds. The Hall–Kier alpha value is -1.55. The molecule has 0 aliphatic carbocycles. The molecule has 1 aromatic carbocycles. The molecule has 4 nitrogen and oxygen atoms in total. The third-order valence-electron chi connectivity index (χ3n) is 5.05. The van der Waals surface area contributed by atoms with Crippen molar-refractivity contribution >= 4 is 11.7 Å². The molecule has 0 bridgehead atoms. The summed E-state index contributed by atoms with van der Waals surface area (Å²) in [4.78, 5) is 14.9. The zero-order valence-electron chi connectivity index (χ0n) is 14.1. The Morgan fingerprint density at radius 3 is 2.96 bits per heavy atom. The van der Waals surface area contributed by atoms with Gasteiger partial charge in [0.05, 0.1) is 17.9 Å². The van der Waals surface area contributed by atoms with Gasteiger partial charge < -0.3 is 15.0 Å². The van der Waals surface area contributed by atoms with E-state index in [1.165, 1.54) is 24.9 Å². The van der Waals surface area contributed by atoms with Gasteiger partial charge in [-0.05, 0) is 62.9 Å². The molecule has 0 saturated carbocycles. The molecule has 23 heavy (non-hydrogen) atoms. The number of unbranched alkanes of at least 4 members (excludes halogenated alkanes) is 1. The minimum absolute atomic E-state index is 0.176. The van der Waals surface area contributed by atoms with E-state index in [2.05, 4.69) is 23.2 Å². The summed E-state index contributed by atoms with van der Waals surface area (Å²) in [5.41, 5.74) is 2.90. The van der Waals surface area contributed by atoms with Crippen molar-refractivity contribution in [3.8, 4) is 0 Å². The third kappa shape index (κ3) is 4.05. The average molecular weight is 316 g/mol. The van der Waals surface area contributed by atoms with Gasteiger partial charge in [0.15, 0.2) is 0 Å². The minimum Gasteiger partial charge on any atom is -0.462 e. The summed E-state index contributed by atoms with van der Waals surface area (Å²) in [5, 5.41) is 3.31. The van der Waals surface area contributed by atoms with Gasteiger partial charge in [-0.25, -0.2) is 4.79 Å². The van der Waals surface area contributed by atoms with Gasteiger partial charge in [-0.1, -0.05) is 25.5 Å². The van der Waals surface area contributed by atoms with E-state index >= 15 is 0 Å². The molecule has 0 aromatic heterocycles. The maximum Gasteiger partial charge on any atom is 0.340 e. The van der Waals surface area contributed by atoms with Crippen LogP contribution < -0.4 is 5.32 Å². The van der Waals surface area contributed by atoms with Crippen LogP contribution in [0.25, 0.3) is 0 Å². The topological polar surface area (TPSA) is 41.6 Å². The number of hydrogen-bond donors (Lipinski definition) is 1. The number of fused-ring (bicyclic) bond motifs is 1. The molecule has 0 spiro atoms. The lowest BCUT2D eigenvalue weighted by atomic mass is 9.97. The zero-order chi connectivity index (χ0) is 16.1. The average Bonchev–Trinajstić information content (AvgIpc) is 3.07. The predicted octanol–water partition coefficient (Wildman–Crippen LogP) is 3.32. The van der Waals surface area contributed by atoms with Crippen LogP contribution in [0.5, 0.6) is 0 Å². The summed E-state index contributed by atoms with van der Waals surface area (Å²) in [5.74, 6) is 0.339. The summed E-state index contributed by atoms with van der Waals surface area (Å²) in [6, 6.07) is 5.90. The van der Waals surface area contributed by atoms with Crippen molar-refractivity contribution in [3.63, 3.8) is 0 Å². The number of nitrogens with one attached hydrogen (secondary N) is 1. The van der Waals surface area contributed by atoms with Crippen molar-refractivity contribution in [3.05, 3.63) is 29.3 Å². The molecule has 4 heteroatoms. The molecule has 0 radical (unpaired) electrons. The molecule has 0 atom stereocenters. The molecular weight excluding hydrogens is 288 g/mol. The summed E-state index contributed by atoms with van der Waals surface area (Å²) in [6.07, 6.45) is 5.82. The van der Waals surface area contributed by atoms with E-state index in [1.54, 1.807) is 0 Å². The maximum absolute atomic E-state index is 12.4. The van der Waals surface area contributed by atoms with Crippen LogP contribution in [0.4, 0.5) is 5.69 Å². The second kappa shape index (κ2) is 7.82. The van der Waals surface area contributed by atoms with Gasteiger partial charge in [-0.3, -0.25) is 0 Å². The number of nitrogens with zero attached hydrogens (tertiary/aromatic N) is 1. The lowest BCUT2D eigenvalue weighted by Crippen LogP contribution is -2.36. The molecule has 1 N–H and O–H groups in total. The number of carbonyl (C=O) groups excluding carboxylic acids is 1. The molecule has 2 aliphatic rings. The van der Waals surface area contributed by atoms with Crippen molar-refractivity contribution in [2.45, 2.75) is 39.0 Å². The van der Waals surface area contributed by atoms with Crippen molar-refractivity contribution in [2.75, 3.05) is 38.1 Å². The predicted molar refractivity (Wildman–Crippen MR) is 93.0 cm³/mol. The maximum atomic E-state index is 12.4. The highest BCUT2D eigenvalue weighted by molar-refractivity contribution is 5.97. The van der Waals surface area contributed by atoms with Crippen LogP contribution in [-0.2, 0) is 11.2 Å². The van der Waals surface area contributed by atoms with Crippen molar-refractivity contribution < 1.29 is 9.53 Å². The fourth-order valence-corrected chi connectivity index (χ4v) is 3.54. The number of anilines is 1. The first kappa shape index (κ1) is 16.3. The van der Waals surface area contributed by atoms with Gasteiger partial charge in [0.1, 0.15) is 0 Å². The Morgan fingerprint density at radius 2 is 2.17 bits per heavy atom. The van der Waals surface area contributed by atoms with Crippen LogP contribution in [0.2, 0.25) is 0 Å². The minimum atomic E-state index is -0.176. The van der Waals surface area contributed by atoms with E-state index in [1.807, 2.05) is 12.1 Å². The Labute approximate surface area is 139 Å². The third-order valence-corrected chi connectivity index (χ3v) is 5.05. The number of carbonyl (C=O) groups is 1. The smallest absolute Gasteiger partial charge is 0.340 e. The SMILES string of the molecule is CCCCN1CCC(COC(=O)c2cccc3c2NCC3)CC1. The number of ether oxygens (including phenoxy) is 1. The van der Waals surface area contributed by atoms with E-state index in [0.29, 0.717) is 18.1 Å². The highest BCUT2D eigenvalue weighted by Crippen LogP contribution is 2.27. The van der Waals surface area contributed by atoms with Crippen molar-refractivity contribution in [1.82, 2.24) is 4.90 Å². The molecule has 3 rings (SSSR count). The summed E-state index contributed by atoms with van der Waals surface area (Å²) in [7, 11) is 0. The van der Waals surface area contributed by atoms with Crippen LogP contribution >= 0.6 is 0 Å². The van der Waals surface area contributed by atoms with E-state index in [0.717, 1.165) is 44.6 Å². The number of esters is 1. The summed E-state index contributed by atoms with van der Waals surface area (Å²) < 4.78 is 5.61. The van der Waals surface area contributed by atoms with Gasteiger partial charge in [-0.15, -0.1) is 0 Å². The number of benzene rings is 1. The Kier molecular flexibility index (Phi) is 5.55. The highest BCUT2D eigenvalue weighted by Gasteiger charge is 2.23. The van der Waals surface area contributed by atoms with Gasteiger partial charge in [0.2, 0.25) is 0 Å². The van der Waals surface area contributed by atoms with Gasteiger partial charge >= 0.3 is 5.97 Å². The lowest BCUT2D eigenvalue weighted by Gasteiger charge is -2.31. The lowest BCUT2D eigenvalue weighted by molar-refractivity contribution is 0.0373. The van der Waals surface area contributed by atoms with E-state index < -0.39 is 0 Å². The van der Waals surface area contributed by atoms with Gasteiger partial charge in [-0.2, -0.15) is 0 Å². The largest absolute Gasteiger partial charge is 0.462 e. The highest BCUT2D eigenvalue weighted by atomic mass is 16.5. The second-order valence-corrected chi connectivity index (χ2v) is 6.75. The standard InChI is InChI=1S/C19H28N2O2/c1-2-3-11-21-12-8-15(9-13-21)14-23-19(22)17-6-4-5-16-7-10-20-18(16)17/h4-6,15,20H,2-3,7-14H2,1H3. The second-order valence-electron chi connectivity index (χ2n) is 6.75. The molecule has 1 saturated heterocycles. The van der Waals surface area contributed by atoms with Crippen LogP contribution in [0.1, 0.15) is 48.5 Å². The number of likely N-dealkylation sites (tertiary alicyclic amines) is 1. The zero-order valence-corrected chi connectivity index (χ0v) is 14.1. The number of hydrogen-bond acceptors (Lipinski definition) is 4. The van der Waals surface area contributed by atoms with E-state index in [4.69, 9.17) is 4.74 Å². The summed E-state index contributed by atoms with van der Waals surface area (Å²) in [6.45, 7) is 7.21. The van der Waals surface area contributed by atoms with Crippen molar-refractivity contribution in [1.29, 1.82) is 0 Å². The fourth-order valence-electron chi connectivity index (χ4n) is 3.54. The van der Waals surface area contributed by atoms with Crippen LogP contribution in [0.15, 0.2) is 18.2 Å². The van der Waals surface area contributed by atoms with Crippen LogP contribution in [0.3, 0.4) is 0 Å². The van der Waals surface area contributed by atoms with Gasteiger partial charge in [0.25, 0.3) is 0 Å². The molecule has 0 unspecified atom stereocenters. The molecule has 126 valence electrons. The van der Waals surface area contributed by atoms with Crippen LogP contribution in [0, 0.1) is 5.92 Å². The Bertz CT molecular complexity index is 536. The first-order valence-electron chi connectivity index (χ1n) is 9.03. The molecule has 1 fully saturated rings. The normalized spacial score (nSPS) is 18.5. The van der Waals surface area contributed by atoms with E-state index in [-0.39, 0.29) is 5.97 Å². The number of para-hydroxylation sites is 1. The molecular formula is C19H28N2O2. The van der Waals surface area contributed by atoms with Crippen molar-refractivity contribution in [2.24, 2.45) is 5.92 Å². The number of rotatable bonds is 6. The molecule has 2 heterocycles. The van der Waals surface area contributed by atoms with Crippen LogP contribution in [-0.4, -0.2) is 43.7 Å². The van der Waals surface area contributed by atoms with Gasteiger partial charge in [0, 0.05) is 6.54 Å². The Morgan fingerprint density at radius 1 is 1.35 bits per heavy atom. The quantitative estimate of drug-likeness (QED) is 0.818. The first-order chi connectivity index (χ1) is 11.3. The monoisotopic (exact) mass is 316 g/mol. The summed E-state index contributed by atoms with van der Waals surface area (Å²) >= 11 is 0. The fraction of sp³-hybridized carbons (Fsp3) is 0.632. The van der Waals surface area contributed by atoms with E-state index in [9.17, 15) is 4.79 Å². The molecule has 1 aromatic rings. The Balaban J connectivity index is 1.46.